The molecule has 0 aliphatic heterocycles. The lowest BCUT2D eigenvalue weighted by Crippen LogP contribution is -2.35. The van der Waals surface area contributed by atoms with Crippen molar-refractivity contribution >= 4 is 5.97 Å². The first kappa shape index (κ1) is 23.4. The average Bonchev–Trinajstić information content (AvgIpc) is 2.80. The molecule has 1 aromatic carbocycles. The van der Waals surface area contributed by atoms with E-state index in [-0.39, 0.29) is 11.7 Å². The van der Waals surface area contributed by atoms with Gasteiger partial charge in [0.15, 0.2) is 17.5 Å². The number of ether oxygens (including phenoxy) is 1. The fourth-order valence-electron chi connectivity index (χ4n) is 6.68. The summed E-state index contributed by atoms with van der Waals surface area (Å²) in [6.07, 6.45) is 16.1. The van der Waals surface area contributed by atoms with Crippen molar-refractivity contribution in [2.45, 2.75) is 77.0 Å². The molecule has 1 aromatic rings. The van der Waals surface area contributed by atoms with Crippen molar-refractivity contribution in [3.63, 3.8) is 0 Å². The van der Waals surface area contributed by atoms with Crippen LogP contribution in [-0.4, -0.2) is 5.97 Å². The van der Waals surface area contributed by atoms with Gasteiger partial charge in [0.1, 0.15) is 5.75 Å². The molecule has 3 aliphatic carbocycles. The van der Waals surface area contributed by atoms with Crippen LogP contribution < -0.4 is 4.74 Å². The maximum atomic E-state index is 13.4. The Hall–Kier alpha value is -1.78. The molecule has 0 aromatic heterocycles. The normalized spacial score (nSPS) is 32.7. The van der Waals surface area contributed by atoms with Gasteiger partial charge in [0.25, 0.3) is 0 Å². The molecule has 5 heteroatoms. The number of hydrogen-bond donors (Lipinski definition) is 0. The van der Waals surface area contributed by atoms with E-state index < -0.39 is 23.4 Å². The second-order valence-corrected chi connectivity index (χ2v) is 10.4. The highest BCUT2D eigenvalue weighted by atomic mass is 19.2. The van der Waals surface area contributed by atoms with Crippen molar-refractivity contribution in [1.82, 2.24) is 0 Å². The van der Waals surface area contributed by atoms with Crippen LogP contribution in [0.5, 0.6) is 5.75 Å². The van der Waals surface area contributed by atoms with Gasteiger partial charge in [-0.15, -0.1) is 6.58 Å². The van der Waals surface area contributed by atoms with Gasteiger partial charge in [-0.1, -0.05) is 12.5 Å². The number of allylic oxidation sites excluding steroid dienone is 1. The molecule has 0 radical (unpaired) electrons. The van der Waals surface area contributed by atoms with Crippen molar-refractivity contribution < 1.29 is 22.7 Å². The quantitative estimate of drug-likeness (QED) is 0.194. The molecular formula is C27H35F3O2. The highest BCUT2D eigenvalue weighted by molar-refractivity contribution is 5.75. The molecule has 0 spiro atoms. The Bertz CT molecular complexity index is 792. The van der Waals surface area contributed by atoms with Crippen molar-refractivity contribution in [3.05, 3.63) is 42.2 Å². The molecule has 3 saturated carbocycles. The number of hydrogen-bond acceptors (Lipinski definition) is 2. The molecular weight excluding hydrogens is 413 g/mol. The molecule has 4 atom stereocenters. The van der Waals surface area contributed by atoms with Gasteiger partial charge in [-0.2, -0.15) is 0 Å². The molecule has 176 valence electrons. The fraction of sp³-hybridized carbons (Fsp3) is 0.667. The van der Waals surface area contributed by atoms with Crippen molar-refractivity contribution in [2.75, 3.05) is 0 Å². The average molecular weight is 449 g/mol. The maximum absolute atomic E-state index is 13.4. The lowest BCUT2D eigenvalue weighted by Gasteiger charge is -2.45. The van der Waals surface area contributed by atoms with Crippen molar-refractivity contribution in [2.24, 2.45) is 35.5 Å². The third-order valence-electron chi connectivity index (χ3n) is 8.49. The monoisotopic (exact) mass is 448 g/mol. The van der Waals surface area contributed by atoms with Crippen LogP contribution in [0.25, 0.3) is 0 Å². The smallest absolute Gasteiger partial charge is 0.314 e. The van der Waals surface area contributed by atoms with Crippen LogP contribution in [0.4, 0.5) is 13.2 Å². The second kappa shape index (κ2) is 10.4. The van der Waals surface area contributed by atoms with Crippen LogP contribution in [0.1, 0.15) is 77.0 Å². The Labute approximate surface area is 189 Å². The number of benzene rings is 1. The minimum Gasteiger partial charge on any atom is -0.426 e. The van der Waals surface area contributed by atoms with Crippen molar-refractivity contribution in [1.29, 1.82) is 0 Å². The Morgan fingerprint density at radius 1 is 0.875 bits per heavy atom. The first-order chi connectivity index (χ1) is 15.4. The topological polar surface area (TPSA) is 26.3 Å². The van der Waals surface area contributed by atoms with Gasteiger partial charge < -0.3 is 4.74 Å². The predicted octanol–water partition coefficient (Wildman–Crippen LogP) is 7.61. The summed E-state index contributed by atoms with van der Waals surface area (Å²) in [7, 11) is 0. The zero-order valence-electron chi connectivity index (χ0n) is 18.8. The van der Waals surface area contributed by atoms with E-state index in [2.05, 4.69) is 6.58 Å². The standard InChI is InChI=1S/C27H35F3O2/c1-2-3-4-17-5-6-22-14-21(12-11-20(22)13-17)18-7-9-19(10-8-18)27(31)32-23-15-24(28)26(30)25(29)16-23/h2,15-22H,1,3-14H2. The van der Waals surface area contributed by atoms with E-state index in [9.17, 15) is 18.0 Å². The molecule has 0 N–H and O–H groups in total. The summed E-state index contributed by atoms with van der Waals surface area (Å²) in [6, 6.07) is 1.46. The number of halogens is 3. The fourth-order valence-corrected chi connectivity index (χ4v) is 6.68. The summed E-state index contributed by atoms with van der Waals surface area (Å²) < 4.78 is 45.0. The summed E-state index contributed by atoms with van der Waals surface area (Å²) in [5.74, 6) is -1.14. The molecule has 4 unspecified atom stereocenters. The van der Waals surface area contributed by atoms with E-state index in [0.717, 1.165) is 67.9 Å². The van der Waals surface area contributed by atoms with E-state index in [1.165, 1.54) is 44.9 Å². The van der Waals surface area contributed by atoms with Crippen LogP contribution in [0.2, 0.25) is 0 Å². The molecule has 0 amide bonds. The number of carbonyl (C=O) groups excluding carboxylic acids is 1. The third kappa shape index (κ3) is 5.40. The summed E-state index contributed by atoms with van der Waals surface area (Å²) in [4.78, 5) is 12.5. The molecule has 4 rings (SSSR count). The first-order valence-corrected chi connectivity index (χ1v) is 12.4. The van der Waals surface area contributed by atoms with E-state index >= 15 is 0 Å². The maximum Gasteiger partial charge on any atom is 0.314 e. The SMILES string of the molecule is C=CCCC1CCC2CC(C3CCC(C(=O)Oc4cc(F)c(F)c(F)c4)CC3)CCC2C1. The van der Waals surface area contributed by atoms with E-state index in [1.54, 1.807) is 0 Å². The Morgan fingerprint density at radius 2 is 1.44 bits per heavy atom. The molecule has 3 fully saturated rings. The number of fused-ring (bicyclic) bond motifs is 1. The second-order valence-electron chi connectivity index (χ2n) is 10.4. The van der Waals surface area contributed by atoms with E-state index in [4.69, 9.17) is 4.74 Å². The number of carbonyl (C=O) groups is 1. The van der Waals surface area contributed by atoms with Crippen LogP contribution in [0.15, 0.2) is 24.8 Å². The van der Waals surface area contributed by atoms with Crippen molar-refractivity contribution in [3.8, 4) is 5.75 Å². The lowest BCUT2D eigenvalue weighted by atomic mass is 9.60. The number of esters is 1. The minimum atomic E-state index is -1.55. The highest BCUT2D eigenvalue weighted by Crippen LogP contribution is 2.49. The Balaban J connectivity index is 1.24. The minimum absolute atomic E-state index is 0.251. The van der Waals surface area contributed by atoms with Crippen LogP contribution in [0, 0.1) is 53.0 Å². The first-order valence-electron chi connectivity index (χ1n) is 12.4. The van der Waals surface area contributed by atoms with Crippen LogP contribution in [0.3, 0.4) is 0 Å². The van der Waals surface area contributed by atoms with Gasteiger partial charge >= 0.3 is 5.97 Å². The molecule has 0 saturated heterocycles. The lowest BCUT2D eigenvalue weighted by molar-refractivity contribution is -0.140. The van der Waals surface area contributed by atoms with E-state index in [1.807, 2.05) is 6.08 Å². The molecule has 32 heavy (non-hydrogen) atoms. The predicted molar refractivity (Wildman–Crippen MR) is 118 cm³/mol. The van der Waals surface area contributed by atoms with Gasteiger partial charge in [0.2, 0.25) is 0 Å². The third-order valence-corrected chi connectivity index (χ3v) is 8.49. The van der Waals surface area contributed by atoms with Crippen LogP contribution in [-0.2, 0) is 4.79 Å². The zero-order valence-corrected chi connectivity index (χ0v) is 18.8. The van der Waals surface area contributed by atoms with Gasteiger partial charge in [0, 0.05) is 12.1 Å². The molecule has 0 bridgehead atoms. The molecule has 0 heterocycles. The van der Waals surface area contributed by atoms with Gasteiger partial charge in [-0.25, -0.2) is 13.2 Å². The van der Waals surface area contributed by atoms with Gasteiger partial charge in [-0.05, 0) is 100 Å². The number of rotatable bonds is 6. The molecule has 3 aliphatic rings. The van der Waals surface area contributed by atoms with Gasteiger partial charge in [-0.3, -0.25) is 4.79 Å². The summed E-state index contributed by atoms with van der Waals surface area (Å²) >= 11 is 0. The molecule has 2 nitrogen and oxygen atoms in total. The van der Waals surface area contributed by atoms with Gasteiger partial charge in [0.05, 0.1) is 5.92 Å². The van der Waals surface area contributed by atoms with Crippen LogP contribution >= 0.6 is 0 Å². The highest BCUT2D eigenvalue weighted by Gasteiger charge is 2.39. The Morgan fingerprint density at radius 3 is 2.09 bits per heavy atom. The summed E-state index contributed by atoms with van der Waals surface area (Å²) in [6.45, 7) is 3.86. The van der Waals surface area contributed by atoms with E-state index in [0.29, 0.717) is 5.92 Å². The summed E-state index contributed by atoms with van der Waals surface area (Å²) in [5, 5.41) is 0. The largest absolute Gasteiger partial charge is 0.426 e. The summed E-state index contributed by atoms with van der Waals surface area (Å²) in [5.41, 5.74) is 0. The Kier molecular flexibility index (Phi) is 7.63. The zero-order chi connectivity index (χ0) is 22.7.